The molecule has 106 valence electrons. The van der Waals surface area contributed by atoms with Crippen LogP contribution in [-0.4, -0.2) is 34.4 Å². The summed E-state index contributed by atoms with van der Waals surface area (Å²) in [5.74, 6) is 2.93. The zero-order valence-electron chi connectivity index (χ0n) is 12.0. The third-order valence-corrected chi connectivity index (χ3v) is 3.75. The topological polar surface area (TPSA) is 39.7 Å². The Morgan fingerprint density at radius 1 is 1.00 bits per heavy atom. The minimum Gasteiger partial charge on any atom is -0.493 e. The van der Waals surface area contributed by atoms with Crippen LogP contribution in [-0.2, 0) is 6.42 Å². The quantitative estimate of drug-likeness (QED) is 0.886. The van der Waals surface area contributed by atoms with Gasteiger partial charge in [-0.15, -0.1) is 0 Å². The minimum atomic E-state index is 0.691. The van der Waals surface area contributed by atoms with Crippen LogP contribution in [0.15, 0.2) is 12.1 Å². The maximum absolute atomic E-state index is 5.53. The first-order valence-electron chi connectivity index (χ1n) is 6.78. The Bertz CT molecular complexity index is 414. The molecule has 1 saturated heterocycles. The number of piperidine rings is 1. The predicted molar refractivity (Wildman–Crippen MR) is 75.4 cm³/mol. The molecule has 1 N–H and O–H groups in total. The van der Waals surface area contributed by atoms with Crippen molar-refractivity contribution in [2.75, 3.05) is 34.4 Å². The second-order valence-electron chi connectivity index (χ2n) is 4.89. The lowest BCUT2D eigenvalue weighted by Gasteiger charge is -2.24. The molecule has 0 aliphatic carbocycles. The highest BCUT2D eigenvalue weighted by molar-refractivity contribution is 5.55. The molecule has 0 amide bonds. The summed E-state index contributed by atoms with van der Waals surface area (Å²) < 4.78 is 16.3. The van der Waals surface area contributed by atoms with E-state index in [1.54, 1.807) is 21.3 Å². The fourth-order valence-electron chi connectivity index (χ4n) is 2.72. The molecule has 0 aromatic heterocycles. The van der Waals surface area contributed by atoms with Gasteiger partial charge in [-0.05, 0) is 49.9 Å². The molecule has 0 bridgehead atoms. The molecule has 1 heterocycles. The second-order valence-corrected chi connectivity index (χ2v) is 4.89. The van der Waals surface area contributed by atoms with Crippen molar-refractivity contribution in [3.8, 4) is 17.2 Å². The first-order chi connectivity index (χ1) is 9.30. The Morgan fingerprint density at radius 3 is 2.26 bits per heavy atom. The van der Waals surface area contributed by atoms with Crippen LogP contribution in [0.2, 0.25) is 0 Å². The molecular weight excluding hydrogens is 242 g/mol. The van der Waals surface area contributed by atoms with Gasteiger partial charge in [0.15, 0.2) is 11.5 Å². The van der Waals surface area contributed by atoms with Crippen LogP contribution in [0.1, 0.15) is 18.4 Å². The minimum absolute atomic E-state index is 0.691. The summed E-state index contributed by atoms with van der Waals surface area (Å²) in [5, 5.41) is 3.39. The standard InChI is InChI=1S/C15H23NO3/c1-17-13-5-4-12(14(18-2)15(13)19-3)10-11-6-8-16-9-7-11/h4-5,11,16H,6-10H2,1-3H3. The van der Waals surface area contributed by atoms with Gasteiger partial charge in [0, 0.05) is 0 Å². The Labute approximate surface area is 115 Å². The SMILES string of the molecule is COc1ccc(CC2CCNCC2)c(OC)c1OC. The van der Waals surface area contributed by atoms with Gasteiger partial charge < -0.3 is 19.5 Å². The lowest BCUT2D eigenvalue weighted by molar-refractivity contribution is 0.317. The van der Waals surface area contributed by atoms with Crippen molar-refractivity contribution in [1.29, 1.82) is 0 Å². The lowest BCUT2D eigenvalue weighted by atomic mass is 9.90. The molecule has 0 saturated carbocycles. The Balaban J connectivity index is 2.23. The van der Waals surface area contributed by atoms with Gasteiger partial charge in [-0.1, -0.05) is 6.07 Å². The van der Waals surface area contributed by atoms with Crippen molar-refractivity contribution in [3.05, 3.63) is 17.7 Å². The number of ether oxygens (including phenoxy) is 3. The Hall–Kier alpha value is -1.42. The summed E-state index contributed by atoms with van der Waals surface area (Å²) in [6.07, 6.45) is 3.47. The highest BCUT2D eigenvalue weighted by Gasteiger charge is 2.20. The van der Waals surface area contributed by atoms with E-state index in [4.69, 9.17) is 14.2 Å². The monoisotopic (exact) mass is 265 g/mol. The average Bonchev–Trinajstić information content (AvgIpc) is 2.47. The molecule has 4 heteroatoms. The van der Waals surface area contributed by atoms with E-state index in [2.05, 4.69) is 11.4 Å². The molecule has 1 aromatic rings. The molecule has 0 radical (unpaired) electrons. The van der Waals surface area contributed by atoms with Gasteiger partial charge in [-0.25, -0.2) is 0 Å². The molecule has 0 atom stereocenters. The summed E-state index contributed by atoms with van der Waals surface area (Å²) in [4.78, 5) is 0. The smallest absolute Gasteiger partial charge is 0.203 e. The van der Waals surface area contributed by atoms with Gasteiger partial charge >= 0.3 is 0 Å². The highest BCUT2D eigenvalue weighted by Crippen LogP contribution is 2.41. The van der Waals surface area contributed by atoms with E-state index in [-0.39, 0.29) is 0 Å². The van der Waals surface area contributed by atoms with Gasteiger partial charge in [0.05, 0.1) is 21.3 Å². The summed E-state index contributed by atoms with van der Waals surface area (Å²) in [6, 6.07) is 4.04. The zero-order chi connectivity index (χ0) is 13.7. The van der Waals surface area contributed by atoms with Crippen molar-refractivity contribution in [1.82, 2.24) is 5.32 Å². The fourth-order valence-corrected chi connectivity index (χ4v) is 2.72. The van der Waals surface area contributed by atoms with E-state index in [0.717, 1.165) is 25.3 Å². The molecule has 2 rings (SSSR count). The molecule has 1 aliphatic heterocycles. The van der Waals surface area contributed by atoms with E-state index in [9.17, 15) is 0 Å². The maximum atomic E-state index is 5.53. The third kappa shape index (κ3) is 3.13. The molecule has 1 aliphatic rings. The Morgan fingerprint density at radius 2 is 1.68 bits per heavy atom. The third-order valence-electron chi connectivity index (χ3n) is 3.75. The van der Waals surface area contributed by atoms with Gasteiger partial charge in [-0.2, -0.15) is 0 Å². The first kappa shape index (κ1) is 14.0. The van der Waals surface area contributed by atoms with Crippen LogP contribution < -0.4 is 19.5 Å². The normalized spacial score (nSPS) is 16.2. The number of methoxy groups -OCH3 is 3. The Kier molecular flexibility index (Phi) is 4.91. The summed E-state index contributed by atoms with van der Waals surface area (Å²) in [7, 11) is 4.97. The molecule has 1 fully saturated rings. The molecule has 1 aromatic carbocycles. The van der Waals surface area contributed by atoms with Gasteiger partial charge in [0.2, 0.25) is 5.75 Å². The van der Waals surface area contributed by atoms with Crippen LogP contribution in [0.25, 0.3) is 0 Å². The van der Waals surface area contributed by atoms with Gasteiger partial charge in [0.1, 0.15) is 0 Å². The van der Waals surface area contributed by atoms with Crippen molar-refractivity contribution >= 4 is 0 Å². The molecule has 4 nitrogen and oxygen atoms in total. The molecule has 0 unspecified atom stereocenters. The summed E-state index contributed by atoms with van der Waals surface area (Å²) in [6.45, 7) is 2.22. The molecule has 19 heavy (non-hydrogen) atoms. The van der Waals surface area contributed by atoms with Crippen molar-refractivity contribution in [2.45, 2.75) is 19.3 Å². The zero-order valence-corrected chi connectivity index (χ0v) is 12.0. The van der Waals surface area contributed by atoms with Crippen molar-refractivity contribution in [3.63, 3.8) is 0 Å². The van der Waals surface area contributed by atoms with E-state index in [0.29, 0.717) is 17.4 Å². The van der Waals surface area contributed by atoms with E-state index < -0.39 is 0 Å². The van der Waals surface area contributed by atoms with E-state index >= 15 is 0 Å². The molecular formula is C15H23NO3. The second kappa shape index (κ2) is 6.66. The fraction of sp³-hybridized carbons (Fsp3) is 0.600. The highest BCUT2D eigenvalue weighted by atomic mass is 16.5. The van der Waals surface area contributed by atoms with E-state index in [1.165, 1.54) is 18.4 Å². The van der Waals surface area contributed by atoms with Crippen molar-refractivity contribution < 1.29 is 14.2 Å². The number of nitrogens with one attached hydrogen (secondary N) is 1. The maximum Gasteiger partial charge on any atom is 0.203 e. The first-order valence-corrected chi connectivity index (χ1v) is 6.78. The average molecular weight is 265 g/mol. The lowest BCUT2D eigenvalue weighted by Crippen LogP contribution is -2.28. The van der Waals surface area contributed by atoms with Crippen LogP contribution in [0.5, 0.6) is 17.2 Å². The number of benzene rings is 1. The summed E-state index contributed by atoms with van der Waals surface area (Å²) in [5.41, 5.74) is 1.20. The number of rotatable bonds is 5. The van der Waals surface area contributed by atoms with Crippen LogP contribution in [0, 0.1) is 5.92 Å². The number of hydrogen-bond donors (Lipinski definition) is 1. The molecule has 0 spiro atoms. The largest absolute Gasteiger partial charge is 0.493 e. The predicted octanol–water partition coefficient (Wildman–Crippen LogP) is 2.25. The van der Waals surface area contributed by atoms with Crippen LogP contribution in [0.4, 0.5) is 0 Å². The summed E-state index contributed by atoms with van der Waals surface area (Å²) >= 11 is 0. The van der Waals surface area contributed by atoms with Gasteiger partial charge in [0.25, 0.3) is 0 Å². The van der Waals surface area contributed by atoms with Crippen molar-refractivity contribution in [2.24, 2.45) is 5.92 Å². The van der Waals surface area contributed by atoms with E-state index in [1.807, 2.05) is 6.07 Å². The number of hydrogen-bond acceptors (Lipinski definition) is 4. The van der Waals surface area contributed by atoms with Crippen LogP contribution in [0.3, 0.4) is 0 Å². The van der Waals surface area contributed by atoms with Gasteiger partial charge in [-0.3, -0.25) is 0 Å². The van der Waals surface area contributed by atoms with Crippen LogP contribution >= 0.6 is 0 Å².